The summed E-state index contributed by atoms with van der Waals surface area (Å²) in [7, 11) is 0. The molecule has 0 spiro atoms. The van der Waals surface area contributed by atoms with E-state index < -0.39 is 11.6 Å². The molecule has 33 heavy (non-hydrogen) atoms. The van der Waals surface area contributed by atoms with Crippen molar-refractivity contribution in [2.24, 2.45) is 5.41 Å². The largest absolute Gasteiger partial charge is 0.366 e. The second-order valence-corrected chi connectivity index (χ2v) is 10.2. The second-order valence-electron chi connectivity index (χ2n) is 10.2. The van der Waals surface area contributed by atoms with E-state index in [4.69, 9.17) is 0 Å². The molecule has 1 aliphatic heterocycles. The molecule has 8 heteroatoms. The molecule has 0 radical (unpaired) electrons. The minimum Gasteiger partial charge on any atom is -0.366 e. The maximum absolute atomic E-state index is 13.5. The molecule has 2 heterocycles. The normalized spacial score (nSPS) is 17.4. The quantitative estimate of drug-likeness (QED) is 0.578. The molecule has 1 N–H and O–H groups in total. The molecule has 6 nitrogen and oxygen atoms in total. The third-order valence-electron chi connectivity index (χ3n) is 5.66. The Kier molecular flexibility index (Phi) is 6.38. The van der Waals surface area contributed by atoms with Crippen molar-refractivity contribution in [3.05, 3.63) is 59.9 Å². The van der Waals surface area contributed by atoms with Crippen LogP contribution in [0.1, 0.15) is 33.3 Å². The van der Waals surface area contributed by atoms with Crippen molar-refractivity contribution in [2.75, 3.05) is 36.4 Å². The molecule has 1 saturated heterocycles. The lowest BCUT2D eigenvalue weighted by Crippen LogP contribution is -2.53. The van der Waals surface area contributed by atoms with Crippen molar-refractivity contribution in [1.29, 1.82) is 0 Å². The SMILES string of the molecule is Cc1cc(Nc2ncn(-c3cc(F)cc(F)c3)n2)cc(N2CCN(CC(C)(C)C)CC2C)c1. The van der Waals surface area contributed by atoms with E-state index >= 15 is 0 Å². The van der Waals surface area contributed by atoms with Crippen molar-refractivity contribution in [3.8, 4) is 5.69 Å². The van der Waals surface area contributed by atoms with E-state index in [9.17, 15) is 8.78 Å². The van der Waals surface area contributed by atoms with Crippen LogP contribution in [0, 0.1) is 24.0 Å². The molecule has 2 aromatic carbocycles. The maximum atomic E-state index is 13.5. The summed E-state index contributed by atoms with van der Waals surface area (Å²) in [6.45, 7) is 15.3. The van der Waals surface area contributed by atoms with Gasteiger partial charge in [-0.3, -0.25) is 4.90 Å². The summed E-state index contributed by atoms with van der Waals surface area (Å²) in [6.07, 6.45) is 1.43. The highest BCUT2D eigenvalue weighted by Crippen LogP contribution is 2.28. The molecule has 0 bridgehead atoms. The summed E-state index contributed by atoms with van der Waals surface area (Å²) < 4.78 is 28.4. The predicted octanol–water partition coefficient (Wildman–Crippen LogP) is 5.15. The number of nitrogens with one attached hydrogen (secondary N) is 1. The van der Waals surface area contributed by atoms with Crippen LogP contribution in [0.25, 0.3) is 5.69 Å². The van der Waals surface area contributed by atoms with Gasteiger partial charge in [0.1, 0.15) is 18.0 Å². The number of halogens is 2. The van der Waals surface area contributed by atoms with Crippen molar-refractivity contribution in [3.63, 3.8) is 0 Å². The number of anilines is 3. The molecule has 0 aliphatic carbocycles. The van der Waals surface area contributed by atoms with Gasteiger partial charge in [0.15, 0.2) is 0 Å². The van der Waals surface area contributed by atoms with Crippen LogP contribution in [0.5, 0.6) is 0 Å². The Balaban J connectivity index is 1.49. The molecule has 1 fully saturated rings. The van der Waals surface area contributed by atoms with E-state index in [-0.39, 0.29) is 11.1 Å². The third kappa shape index (κ3) is 5.87. The van der Waals surface area contributed by atoms with Crippen molar-refractivity contribution >= 4 is 17.3 Å². The van der Waals surface area contributed by atoms with Crippen LogP contribution in [0.2, 0.25) is 0 Å². The highest BCUT2D eigenvalue weighted by molar-refractivity contribution is 5.64. The van der Waals surface area contributed by atoms with Crippen LogP contribution in [-0.4, -0.2) is 51.9 Å². The lowest BCUT2D eigenvalue weighted by molar-refractivity contribution is 0.165. The highest BCUT2D eigenvalue weighted by Gasteiger charge is 2.27. The molecular weight excluding hydrogens is 422 g/mol. The average molecular weight is 455 g/mol. The molecule has 1 unspecified atom stereocenters. The van der Waals surface area contributed by atoms with Gasteiger partial charge >= 0.3 is 0 Å². The molecule has 1 aromatic heterocycles. The maximum Gasteiger partial charge on any atom is 0.246 e. The van der Waals surface area contributed by atoms with Gasteiger partial charge in [-0.25, -0.2) is 13.5 Å². The summed E-state index contributed by atoms with van der Waals surface area (Å²) in [5, 5.41) is 7.56. The number of hydrogen-bond donors (Lipinski definition) is 1. The predicted molar refractivity (Wildman–Crippen MR) is 128 cm³/mol. The molecule has 1 aliphatic rings. The van der Waals surface area contributed by atoms with Crippen molar-refractivity contribution < 1.29 is 8.78 Å². The monoisotopic (exact) mass is 454 g/mol. The van der Waals surface area contributed by atoms with Crippen molar-refractivity contribution in [2.45, 2.75) is 40.7 Å². The van der Waals surface area contributed by atoms with Gasteiger partial charge in [0, 0.05) is 49.7 Å². The Bertz CT molecular complexity index is 1100. The fourth-order valence-corrected chi connectivity index (χ4v) is 4.48. The molecule has 3 aromatic rings. The third-order valence-corrected chi connectivity index (χ3v) is 5.66. The Labute approximate surface area is 194 Å². The van der Waals surface area contributed by atoms with Gasteiger partial charge in [-0.2, -0.15) is 4.98 Å². The minimum atomic E-state index is -0.657. The van der Waals surface area contributed by atoms with Gasteiger partial charge in [0.2, 0.25) is 5.95 Å². The average Bonchev–Trinajstić information content (AvgIpc) is 3.14. The van der Waals surface area contributed by atoms with Crippen LogP contribution in [0.3, 0.4) is 0 Å². The highest BCUT2D eigenvalue weighted by atomic mass is 19.1. The molecule has 0 saturated carbocycles. The van der Waals surface area contributed by atoms with E-state index in [0.29, 0.717) is 12.0 Å². The second kappa shape index (κ2) is 9.09. The van der Waals surface area contributed by atoms with E-state index in [2.05, 4.69) is 72.0 Å². The number of aromatic nitrogens is 3. The van der Waals surface area contributed by atoms with Gasteiger partial charge in [0.25, 0.3) is 0 Å². The lowest BCUT2D eigenvalue weighted by Gasteiger charge is -2.43. The lowest BCUT2D eigenvalue weighted by atomic mass is 9.95. The molecule has 1 atom stereocenters. The summed E-state index contributed by atoms with van der Waals surface area (Å²) in [4.78, 5) is 9.24. The zero-order valence-corrected chi connectivity index (χ0v) is 19.9. The number of hydrogen-bond acceptors (Lipinski definition) is 5. The van der Waals surface area contributed by atoms with Gasteiger partial charge in [-0.05, 0) is 55.2 Å². The number of piperazine rings is 1. The minimum absolute atomic E-state index is 0.278. The standard InChI is InChI=1S/C25H32F2N6/c1-17-8-21(29-24-28-16-33(30-24)23-11-19(26)10-20(27)12-23)13-22(9-17)32-7-6-31(14-18(32)2)15-25(3,4)5/h8-13,16,18H,6-7,14-15H2,1-5H3,(H,29,30). The Morgan fingerprint density at radius 2 is 1.73 bits per heavy atom. The van der Waals surface area contributed by atoms with Crippen LogP contribution in [-0.2, 0) is 0 Å². The summed E-state index contributed by atoms with van der Waals surface area (Å²) in [6, 6.07) is 9.99. The summed E-state index contributed by atoms with van der Waals surface area (Å²) in [5.41, 5.74) is 3.73. The van der Waals surface area contributed by atoms with Gasteiger partial charge < -0.3 is 10.2 Å². The molecular formula is C25H32F2N6. The van der Waals surface area contributed by atoms with Gasteiger partial charge in [-0.1, -0.05) is 20.8 Å². The topological polar surface area (TPSA) is 49.2 Å². The fourth-order valence-electron chi connectivity index (χ4n) is 4.48. The number of benzene rings is 2. The Hall–Kier alpha value is -3.00. The van der Waals surface area contributed by atoms with E-state index in [0.717, 1.165) is 49.2 Å². The molecule has 0 amide bonds. The van der Waals surface area contributed by atoms with E-state index in [1.54, 1.807) is 0 Å². The molecule has 176 valence electrons. The first-order valence-corrected chi connectivity index (χ1v) is 11.3. The van der Waals surface area contributed by atoms with Gasteiger partial charge in [0.05, 0.1) is 5.69 Å². The first kappa shape index (κ1) is 23.2. The van der Waals surface area contributed by atoms with Crippen molar-refractivity contribution in [1.82, 2.24) is 19.7 Å². The Morgan fingerprint density at radius 3 is 2.39 bits per heavy atom. The zero-order chi connectivity index (χ0) is 23.8. The number of aryl methyl sites for hydroxylation is 1. The van der Waals surface area contributed by atoms with E-state index in [1.165, 1.54) is 23.1 Å². The zero-order valence-electron chi connectivity index (χ0n) is 19.9. The van der Waals surface area contributed by atoms with Crippen LogP contribution in [0.15, 0.2) is 42.7 Å². The molecule has 4 rings (SSSR count). The Morgan fingerprint density at radius 1 is 1.00 bits per heavy atom. The van der Waals surface area contributed by atoms with Crippen LogP contribution >= 0.6 is 0 Å². The first-order valence-electron chi connectivity index (χ1n) is 11.3. The fraction of sp³-hybridized carbons (Fsp3) is 0.440. The van der Waals surface area contributed by atoms with Gasteiger partial charge in [-0.15, -0.1) is 5.10 Å². The van der Waals surface area contributed by atoms with Crippen LogP contribution in [0.4, 0.5) is 26.1 Å². The van der Waals surface area contributed by atoms with Crippen LogP contribution < -0.4 is 10.2 Å². The number of rotatable bonds is 5. The number of nitrogens with zero attached hydrogens (tertiary/aromatic N) is 5. The summed E-state index contributed by atoms with van der Waals surface area (Å²) in [5.74, 6) is -0.954. The summed E-state index contributed by atoms with van der Waals surface area (Å²) >= 11 is 0. The smallest absolute Gasteiger partial charge is 0.246 e. The first-order chi connectivity index (χ1) is 15.6. The van der Waals surface area contributed by atoms with E-state index in [1.807, 2.05) is 6.07 Å².